The van der Waals surface area contributed by atoms with Gasteiger partial charge in [0.1, 0.15) is 10.8 Å². The molecule has 124 valence electrons. The third-order valence-electron chi connectivity index (χ3n) is 3.45. The van der Waals surface area contributed by atoms with Crippen molar-refractivity contribution in [2.75, 3.05) is 0 Å². The van der Waals surface area contributed by atoms with Gasteiger partial charge in [-0.15, -0.1) is 0 Å². The number of amides is 1. The number of halogens is 2. The van der Waals surface area contributed by atoms with Crippen molar-refractivity contribution in [3.05, 3.63) is 75.5 Å². The number of hydrogen-bond acceptors (Lipinski definition) is 3. The maximum absolute atomic E-state index is 11.8. The molecular formula is C18H12Cl2N4O. The van der Waals surface area contributed by atoms with Gasteiger partial charge < -0.3 is 5.73 Å². The number of carbonyl (C=O) groups excluding carboxylic acids is 1. The fourth-order valence-corrected chi connectivity index (χ4v) is 2.69. The van der Waals surface area contributed by atoms with Crippen molar-refractivity contribution < 1.29 is 4.79 Å². The monoisotopic (exact) mass is 370 g/mol. The van der Waals surface area contributed by atoms with E-state index in [0.717, 1.165) is 0 Å². The van der Waals surface area contributed by atoms with Crippen molar-refractivity contribution in [3.63, 3.8) is 0 Å². The highest BCUT2D eigenvalue weighted by molar-refractivity contribution is 6.30. The molecule has 1 amide bonds. The number of benzene rings is 1. The Morgan fingerprint density at radius 3 is 2.68 bits per heavy atom. The summed E-state index contributed by atoms with van der Waals surface area (Å²) in [6, 6.07) is 10.4. The standard InChI is InChI=1S/C18H12Cl2N4O/c1-11-15(6-5-12-7-8-22-16(20)9-12)23-18(17(21)25)24(11)14-4-2-3-13(19)10-14/h2-4,7-10H,1H3,(H2,21,25). The van der Waals surface area contributed by atoms with Gasteiger partial charge in [-0.1, -0.05) is 35.2 Å². The molecule has 0 radical (unpaired) electrons. The van der Waals surface area contributed by atoms with Crippen molar-refractivity contribution in [1.82, 2.24) is 14.5 Å². The van der Waals surface area contributed by atoms with Crippen LogP contribution in [0.15, 0.2) is 42.6 Å². The molecule has 0 spiro atoms. The van der Waals surface area contributed by atoms with Crippen LogP contribution < -0.4 is 5.73 Å². The van der Waals surface area contributed by atoms with E-state index in [2.05, 4.69) is 21.8 Å². The van der Waals surface area contributed by atoms with Gasteiger partial charge in [0.05, 0.1) is 5.69 Å². The Morgan fingerprint density at radius 1 is 1.20 bits per heavy atom. The molecule has 2 aromatic heterocycles. The molecule has 0 unspecified atom stereocenters. The summed E-state index contributed by atoms with van der Waals surface area (Å²) in [5, 5.41) is 0.894. The van der Waals surface area contributed by atoms with Gasteiger partial charge in [0.15, 0.2) is 0 Å². The summed E-state index contributed by atoms with van der Waals surface area (Å²) >= 11 is 11.9. The molecule has 0 saturated carbocycles. The second kappa shape index (κ2) is 6.98. The van der Waals surface area contributed by atoms with Crippen LogP contribution in [0.5, 0.6) is 0 Å². The van der Waals surface area contributed by atoms with E-state index in [1.165, 1.54) is 0 Å². The van der Waals surface area contributed by atoms with Crippen LogP contribution in [0.25, 0.3) is 5.69 Å². The van der Waals surface area contributed by atoms with E-state index < -0.39 is 5.91 Å². The molecule has 0 atom stereocenters. The quantitative estimate of drug-likeness (QED) is 0.554. The van der Waals surface area contributed by atoms with Crippen LogP contribution in [0.4, 0.5) is 0 Å². The Kier molecular flexibility index (Phi) is 4.75. The second-order valence-electron chi connectivity index (χ2n) is 5.17. The van der Waals surface area contributed by atoms with Gasteiger partial charge in [-0.05, 0) is 43.2 Å². The number of imidazole rings is 1. The maximum atomic E-state index is 11.8. The molecule has 3 aromatic rings. The number of nitrogens with two attached hydrogens (primary N) is 1. The van der Waals surface area contributed by atoms with Gasteiger partial charge in [0.25, 0.3) is 5.91 Å². The number of pyridine rings is 1. The number of carbonyl (C=O) groups is 1. The molecule has 1 aromatic carbocycles. The number of primary amides is 1. The summed E-state index contributed by atoms with van der Waals surface area (Å²) in [5.74, 6) is 5.35. The lowest BCUT2D eigenvalue weighted by atomic mass is 10.2. The molecule has 25 heavy (non-hydrogen) atoms. The highest BCUT2D eigenvalue weighted by atomic mass is 35.5. The Balaban J connectivity index is 2.11. The number of hydrogen-bond donors (Lipinski definition) is 1. The van der Waals surface area contributed by atoms with Crippen molar-refractivity contribution >= 4 is 29.1 Å². The summed E-state index contributed by atoms with van der Waals surface area (Å²) in [6.45, 7) is 1.81. The van der Waals surface area contributed by atoms with Crippen molar-refractivity contribution in [3.8, 4) is 17.5 Å². The minimum absolute atomic E-state index is 0.0943. The second-order valence-corrected chi connectivity index (χ2v) is 5.99. The lowest BCUT2D eigenvalue weighted by Crippen LogP contribution is -2.17. The molecule has 2 N–H and O–H groups in total. The Labute approximate surface area is 154 Å². The summed E-state index contributed by atoms with van der Waals surface area (Å²) in [5.41, 5.74) is 7.98. The molecule has 0 aliphatic carbocycles. The molecule has 0 fully saturated rings. The normalized spacial score (nSPS) is 10.2. The first-order valence-corrected chi connectivity index (χ1v) is 8.00. The molecule has 0 aliphatic rings. The topological polar surface area (TPSA) is 73.8 Å². The summed E-state index contributed by atoms with van der Waals surface area (Å²) in [6.07, 6.45) is 1.57. The molecule has 7 heteroatoms. The minimum Gasteiger partial charge on any atom is -0.363 e. The first-order valence-electron chi connectivity index (χ1n) is 7.24. The molecule has 0 aliphatic heterocycles. The van der Waals surface area contributed by atoms with Crippen LogP contribution in [0, 0.1) is 18.8 Å². The third kappa shape index (κ3) is 3.66. The van der Waals surface area contributed by atoms with E-state index in [-0.39, 0.29) is 5.82 Å². The Hall–Kier alpha value is -2.81. The summed E-state index contributed by atoms with van der Waals surface area (Å²) < 4.78 is 1.64. The molecule has 0 saturated heterocycles. The number of aromatic nitrogens is 3. The zero-order valence-electron chi connectivity index (χ0n) is 13.1. The zero-order valence-corrected chi connectivity index (χ0v) is 14.6. The molecule has 3 rings (SSSR count). The largest absolute Gasteiger partial charge is 0.363 e. The zero-order chi connectivity index (χ0) is 18.0. The van der Waals surface area contributed by atoms with E-state index in [9.17, 15) is 4.79 Å². The molecule has 2 heterocycles. The molecule has 0 bridgehead atoms. The predicted octanol–water partition coefficient (Wildman–Crippen LogP) is 3.38. The van der Waals surface area contributed by atoms with Gasteiger partial charge in [-0.25, -0.2) is 9.97 Å². The van der Waals surface area contributed by atoms with E-state index in [1.807, 2.05) is 13.0 Å². The fourth-order valence-electron chi connectivity index (χ4n) is 2.33. The maximum Gasteiger partial charge on any atom is 0.285 e. The predicted molar refractivity (Wildman–Crippen MR) is 97.1 cm³/mol. The summed E-state index contributed by atoms with van der Waals surface area (Å²) in [7, 11) is 0. The van der Waals surface area contributed by atoms with Crippen LogP contribution >= 0.6 is 23.2 Å². The number of rotatable bonds is 2. The smallest absolute Gasteiger partial charge is 0.285 e. The lowest BCUT2D eigenvalue weighted by Gasteiger charge is -2.08. The number of nitrogens with zero attached hydrogens (tertiary/aromatic N) is 3. The van der Waals surface area contributed by atoms with Crippen LogP contribution in [0.1, 0.15) is 27.6 Å². The van der Waals surface area contributed by atoms with Crippen molar-refractivity contribution in [1.29, 1.82) is 0 Å². The highest BCUT2D eigenvalue weighted by Crippen LogP contribution is 2.21. The lowest BCUT2D eigenvalue weighted by molar-refractivity contribution is 0.0988. The fraction of sp³-hybridized carbons (Fsp3) is 0.0556. The average Bonchev–Trinajstić information content (AvgIpc) is 2.90. The van der Waals surface area contributed by atoms with Gasteiger partial charge in [0, 0.05) is 22.5 Å². The van der Waals surface area contributed by atoms with Crippen LogP contribution in [-0.4, -0.2) is 20.4 Å². The highest BCUT2D eigenvalue weighted by Gasteiger charge is 2.18. The third-order valence-corrected chi connectivity index (χ3v) is 3.89. The van der Waals surface area contributed by atoms with Gasteiger partial charge >= 0.3 is 0 Å². The van der Waals surface area contributed by atoms with Crippen molar-refractivity contribution in [2.24, 2.45) is 5.73 Å². The molecule has 5 nitrogen and oxygen atoms in total. The minimum atomic E-state index is -0.650. The van der Waals surface area contributed by atoms with Crippen LogP contribution in [-0.2, 0) is 0 Å². The van der Waals surface area contributed by atoms with Gasteiger partial charge in [-0.2, -0.15) is 0 Å². The first-order chi connectivity index (χ1) is 12.0. The van der Waals surface area contributed by atoms with E-state index in [0.29, 0.717) is 32.8 Å². The first kappa shape index (κ1) is 17.0. The van der Waals surface area contributed by atoms with Crippen LogP contribution in [0.2, 0.25) is 10.2 Å². The van der Waals surface area contributed by atoms with Gasteiger partial charge in [0.2, 0.25) is 5.82 Å². The summed E-state index contributed by atoms with van der Waals surface area (Å²) in [4.78, 5) is 20.0. The van der Waals surface area contributed by atoms with Crippen molar-refractivity contribution in [2.45, 2.75) is 6.92 Å². The van der Waals surface area contributed by atoms with E-state index in [4.69, 9.17) is 28.9 Å². The Morgan fingerprint density at radius 2 is 2.00 bits per heavy atom. The SMILES string of the molecule is Cc1c(C#Cc2ccnc(Cl)c2)nc(C(N)=O)n1-c1cccc(Cl)c1. The van der Waals surface area contributed by atoms with E-state index in [1.54, 1.807) is 41.1 Å². The van der Waals surface area contributed by atoms with Gasteiger partial charge in [-0.3, -0.25) is 9.36 Å². The molecular weight excluding hydrogens is 359 g/mol. The Bertz CT molecular complexity index is 1030. The average molecular weight is 371 g/mol. The van der Waals surface area contributed by atoms with Crippen LogP contribution in [0.3, 0.4) is 0 Å². The van der Waals surface area contributed by atoms with E-state index >= 15 is 0 Å².